The zero-order chi connectivity index (χ0) is 22.0. The monoisotopic (exact) mass is 517 g/mol. The first-order valence-electron chi connectivity index (χ1n) is 9.11. The molecule has 3 aromatic rings. The molecule has 31 heavy (non-hydrogen) atoms. The Morgan fingerprint density at radius 3 is 2.55 bits per heavy atom. The number of para-hydroxylation sites is 1. The maximum atomic E-state index is 14.2. The van der Waals surface area contributed by atoms with Crippen molar-refractivity contribution in [1.82, 2.24) is 0 Å². The molecule has 0 aromatic heterocycles. The van der Waals surface area contributed by atoms with Crippen LogP contribution in [0, 0.1) is 11.6 Å². The summed E-state index contributed by atoms with van der Waals surface area (Å²) < 4.78 is 34.3. The lowest BCUT2D eigenvalue weighted by molar-refractivity contribution is -0.113. The minimum absolute atomic E-state index is 0.121. The van der Waals surface area contributed by atoms with Gasteiger partial charge in [-0.15, -0.1) is 0 Å². The molecule has 3 nitrogen and oxygen atoms in total. The lowest BCUT2D eigenvalue weighted by atomic mass is 10.1. The van der Waals surface area contributed by atoms with Gasteiger partial charge in [-0.3, -0.25) is 9.69 Å². The SMILES string of the molecule is O=C1/C(=C\c2cc(Br)ccc2OCc2ccc(F)cc2)SC(=S)N1c1ccccc1F. The fraction of sp³-hybridized carbons (Fsp3) is 0.0435. The Morgan fingerprint density at radius 2 is 1.81 bits per heavy atom. The number of carbonyl (C=O) groups excluding carboxylic acids is 1. The van der Waals surface area contributed by atoms with E-state index in [2.05, 4.69) is 15.9 Å². The summed E-state index contributed by atoms with van der Waals surface area (Å²) in [6.45, 7) is 0.235. The third kappa shape index (κ3) is 4.87. The van der Waals surface area contributed by atoms with Crippen LogP contribution in [0.4, 0.5) is 14.5 Å². The highest BCUT2D eigenvalue weighted by Gasteiger charge is 2.34. The highest BCUT2D eigenvalue weighted by atomic mass is 79.9. The van der Waals surface area contributed by atoms with Crippen molar-refractivity contribution in [2.24, 2.45) is 0 Å². The van der Waals surface area contributed by atoms with Crippen LogP contribution in [-0.2, 0) is 11.4 Å². The molecule has 1 amide bonds. The molecule has 4 rings (SSSR count). The van der Waals surface area contributed by atoms with Crippen LogP contribution in [0.3, 0.4) is 0 Å². The number of nitrogens with zero attached hydrogens (tertiary/aromatic N) is 1. The number of thioether (sulfide) groups is 1. The van der Waals surface area contributed by atoms with Gasteiger partial charge in [0.1, 0.15) is 24.0 Å². The van der Waals surface area contributed by atoms with Gasteiger partial charge in [-0.05, 0) is 54.1 Å². The molecule has 0 aliphatic carbocycles. The van der Waals surface area contributed by atoms with Crippen LogP contribution < -0.4 is 9.64 Å². The molecule has 8 heteroatoms. The van der Waals surface area contributed by atoms with Crippen molar-refractivity contribution in [2.45, 2.75) is 6.61 Å². The first-order chi connectivity index (χ1) is 14.9. The Labute approximate surface area is 195 Å². The van der Waals surface area contributed by atoms with E-state index in [0.29, 0.717) is 16.2 Å². The Balaban J connectivity index is 1.61. The third-order valence-corrected chi connectivity index (χ3v) is 6.25. The molecule has 1 saturated heterocycles. The molecular formula is C23H14BrF2NO2S2. The first kappa shape index (κ1) is 21.7. The smallest absolute Gasteiger partial charge is 0.270 e. The summed E-state index contributed by atoms with van der Waals surface area (Å²) in [6, 6.07) is 17.4. The second kappa shape index (κ2) is 9.30. The van der Waals surface area contributed by atoms with Gasteiger partial charge in [0.25, 0.3) is 5.91 Å². The summed E-state index contributed by atoms with van der Waals surface area (Å²) in [5.74, 6) is -0.691. The third-order valence-electron chi connectivity index (χ3n) is 4.45. The number of thiocarbonyl (C=S) groups is 1. The van der Waals surface area contributed by atoms with E-state index in [1.807, 2.05) is 12.1 Å². The molecule has 156 valence electrons. The van der Waals surface area contributed by atoms with Gasteiger partial charge in [-0.2, -0.15) is 0 Å². The fourth-order valence-electron chi connectivity index (χ4n) is 2.95. The number of carbonyl (C=O) groups is 1. The quantitative estimate of drug-likeness (QED) is 0.277. The second-order valence-corrected chi connectivity index (χ2v) is 9.16. The van der Waals surface area contributed by atoms with Gasteiger partial charge < -0.3 is 4.74 Å². The van der Waals surface area contributed by atoms with Gasteiger partial charge in [-0.25, -0.2) is 8.78 Å². The van der Waals surface area contributed by atoms with Crippen molar-refractivity contribution in [3.8, 4) is 5.75 Å². The zero-order valence-corrected chi connectivity index (χ0v) is 19.1. The second-order valence-electron chi connectivity index (χ2n) is 6.57. The Kier molecular flexibility index (Phi) is 6.50. The van der Waals surface area contributed by atoms with E-state index in [-0.39, 0.29) is 22.4 Å². The molecule has 1 heterocycles. The molecule has 0 spiro atoms. The average Bonchev–Trinajstić information content (AvgIpc) is 3.02. The molecule has 1 fully saturated rings. The van der Waals surface area contributed by atoms with E-state index < -0.39 is 11.7 Å². The van der Waals surface area contributed by atoms with Gasteiger partial charge in [0.2, 0.25) is 0 Å². The number of ether oxygens (including phenoxy) is 1. The van der Waals surface area contributed by atoms with Gasteiger partial charge >= 0.3 is 0 Å². The topological polar surface area (TPSA) is 29.5 Å². The van der Waals surface area contributed by atoms with E-state index >= 15 is 0 Å². The predicted octanol–water partition coefficient (Wildman–Crippen LogP) is 6.71. The summed E-state index contributed by atoms with van der Waals surface area (Å²) in [7, 11) is 0. The van der Waals surface area contributed by atoms with E-state index in [4.69, 9.17) is 17.0 Å². The minimum atomic E-state index is -0.522. The molecule has 0 unspecified atom stereocenters. The predicted molar refractivity (Wildman–Crippen MR) is 127 cm³/mol. The molecule has 1 aliphatic heterocycles. The van der Waals surface area contributed by atoms with Gasteiger partial charge in [0.05, 0.1) is 10.6 Å². The zero-order valence-electron chi connectivity index (χ0n) is 15.8. The standard InChI is InChI=1S/C23H14BrF2NO2S2/c24-16-7-10-20(29-13-14-5-8-17(25)9-6-14)15(11-16)12-21-22(28)27(23(30)31-21)19-4-2-1-3-18(19)26/h1-12H,13H2/b21-12+. The Hall–Kier alpha value is -2.55. The molecule has 0 N–H and O–H groups in total. The van der Waals surface area contributed by atoms with Crippen LogP contribution in [0.5, 0.6) is 5.75 Å². The van der Waals surface area contributed by atoms with Crippen molar-refractivity contribution < 1.29 is 18.3 Å². The van der Waals surface area contributed by atoms with E-state index in [1.165, 1.54) is 29.2 Å². The highest BCUT2D eigenvalue weighted by molar-refractivity contribution is 9.10. The van der Waals surface area contributed by atoms with Crippen molar-refractivity contribution in [1.29, 1.82) is 0 Å². The summed E-state index contributed by atoms with van der Waals surface area (Å²) in [5, 5.41) is 0. The summed E-state index contributed by atoms with van der Waals surface area (Å²) in [5.41, 5.74) is 1.59. The van der Waals surface area contributed by atoms with Crippen molar-refractivity contribution in [3.05, 3.63) is 98.9 Å². The van der Waals surface area contributed by atoms with Gasteiger partial charge in [-0.1, -0.05) is 64.2 Å². The van der Waals surface area contributed by atoms with Crippen LogP contribution in [0.15, 0.2) is 76.1 Å². The van der Waals surface area contributed by atoms with Crippen molar-refractivity contribution in [3.63, 3.8) is 0 Å². The lowest BCUT2D eigenvalue weighted by Gasteiger charge is -2.15. The average molecular weight is 518 g/mol. The Morgan fingerprint density at radius 1 is 1.06 bits per heavy atom. The van der Waals surface area contributed by atoms with E-state index in [1.54, 1.807) is 36.4 Å². The van der Waals surface area contributed by atoms with E-state index in [9.17, 15) is 13.6 Å². The largest absolute Gasteiger partial charge is 0.488 e. The molecular weight excluding hydrogens is 504 g/mol. The number of rotatable bonds is 5. The number of anilines is 1. The lowest BCUT2D eigenvalue weighted by Crippen LogP contribution is -2.28. The maximum absolute atomic E-state index is 14.2. The molecule has 1 aliphatic rings. The Bertz CT molecular complexity index is 1200. The van der Waals surface area contributed by atoms with Crippen molar-refractivity contribution in [2.75, 3.05) is 4.90 Å². The number of hydrogen-bond acceptors (Lipinski definition) is 4. The van der Waals surface area contributed by atoms with Crippen LogP contribution >= 0.6 is 39.9 Å². The summed E-state index contributed by atoms with van der Waals surface area (Å²) in [6.07, 6.45) is 1.67. The van der Waals surface area contributed by atoms with Crippen LogP contribution in [0.1, 0.15) is 11.1 Å². The summed E-state index contributed by atoms with van der Waals surface area (Å²) >= 11 is 9.86. The van der Waals surface area contributed by atoms with Gasteiger partial charge in [0, 0.05) is 10.0 Å². The molecule has 0 atom stereocenters. The highest BCUT2D eigenvalue weighted by Crippen LogP contribution is 2.38. The maximum Gasteiger partial charge on any atom is 0.270 e. The molecule has 0 bridgehead atoms. The minimum Gasteiger partial charge on any atom is -0.488 e. The molecule has 3 aromatic carbocycles. The number of amides is 1. The molecule has 0 radical (unpaired) electrons. The number of hydrogen-bond donors (Lipinski definition) is 0. The normalized spacial score (nSPS) is 15.1. The van der Waals surface area contributed by atoms with Crippen LogP contribution in [-0.4, -0.2) is 10.2 Å². The fourth-order valence-corrected chi connectivity index (χ4v) is 4.61. The van der Waals surface area contributed by atoms with Gasteiger partial charge in [0.15, 0.2) is 4.32 Å². The number of benzene rings is 3. The van der Waals surface area contributed by atoms with Crippen LogP contribution in [0.25, 0.3) is 6.08 Å². The summed E-state index contributed by atoms with van der Waals surface area (Å²) in [4.78, 5) is 14.5. The first-order valence-corrected chi connectivity index (χ1v) is 11.1. The number of halogens is 3. The van der Waals surface area contributed by atoms with Crippen LogP contribution in [0.2, 0.25) is 0 Å². The van der Waals surface area contributed by atoms with Crippen molar-refractivity contribution >= 4 is 61.9 Å². The molecule has 0 saturated carbocycles. The van der Waals surface area contributed by atoms with E-state index in [0.717, 1.165) is 21.8 Å².